The SMILES string of the molecule is CCS(=O)(=O)NC[C@H]1CO[C@@H]2CN(Cc3ccc(C)s3)C[C@H]12. The molecule has 2 aliphatic heterocycles. The highest BCUT2D eigenvalue weighted by Crippen LogP contribution is 2.34. The van der Waals surface area contributed by atoms with E-state index in [4.69, 9.17) is 4.74 Å². The van der Waals surface area contributed by atoms with Crippen LogP contribution in [0.4, 0.5) is 0 Å². The monoisotopic (exact) mass is 344 g/mol. The molecule has 1 N–H and O–H groups in total. The summed E-state index contributed by atoms with van der Waals surface area (Å²) in [4.78, 5) is 5.17. The summed E-state index contributed by atoms with van der Waals surface area (Å²) in [6, 6.07) is 4.36. The minimum absolute atomic E-state index is 0.137. The molecule has 0 radical (unpaired) electrons. The van der Waals surface area contributed by atoms with Crippen LogP contribution in [0.2, 0.25) is 0 Å². The van der Waals surface area contributed by atoms with E-state index < -0.39 is 10.0 Å². The third-order valence-electron chi connectivity index (χ3n) is 4.64. The smallest absolute Gasteiger partial charge is 0.211 e. The Morgan fingerprint density at radius 3 is 2.91 bits per heavy atom. The zero-order chi connectivity index (χ0) is 15.7. The Labute approximate surface area is 136 Å². The van der Waals surface area contributed by atoms with Gasteiger partial charge in [0.05, 0.1) is 18.5 Å². The maximum absolute atomic E-state index is 11.6. The van der Waals surface area contributed by atoms with Crippen molar-refractivity contribution in [3.05, 3.63) is 21.9 Å². The van der Waals surface area contributed by atoms with Crippen LogP contribution in [0.25, 0.3) is 0 Å². The average Bonchev–Trinajstić information content (AvgIpc) is 3.14. The summed E-state index contributed by atoms with van der Waals surface area (Å²) in [6.45, 7) is 7.90. The Morgan fingerprint density at radius 1 is 1.41 bits per heavy atom. The first-order valence-corrected chi connectivity index (χ1v) is 10.3. The highest BCUT2D eigenvalue weighted by Gasteiger charge is 2.43. The second-order valence-electron chi connectivity index (χ2n) is 6.25. The summed E-state index contributed by atoms with van der Waals surface area (Å²) in [7, 11) is -3.11. The van der Waals surface area contributed by atoms with Crippen LogP contribution in [-0.2, 0) is 21.3 Å². The molecule has 3 heterocycles. The van der Waals surface area contributed by atoms with Crippen LogP contribution in [-0.4, -0.2) is 51.4 Å². The number of fused-ring (bicyclic) bond motifs is 1. The quantitative estimate of drug-likeness (QED) is 0.848. The van der Waals surface area contributed by atoms with E-state index in [2.05, 4.69) is 28.7 Å². The van der Waals surface area contributed by atoms with Gasteiger partial charge in [0.25, 0.3) is 0 Å². The molecule has 124 valence electrons. The number of rotatable bonds is 6. The second-order valence-corrected chi connectivity index (χ2v) is 9.72. The number of aryl methyl sites for hydroxylation is 1. The lowest BCUT2D eigenvalue weighted by Gasteiger charge is -2.19. The number of hydrogen-bond acceptors (Lipinski definition) is 5. The third-order valence-corrected chi connectivity index (χ3v) is 6.99. The van der Waals surface area contributed by atoms with Gasteiger partial charge in [0, 0.05) is 47.8 Å². The Balaban J connectivity index is 1.54. The zero-order valence-corrected chi connectivity index (χ0v) is 14.8. The minimum atomic E-state index is -3.11. The van der Waals surface area contributed by atoms with Crippen molar-refractivity contribution in [3.8, 4) is 0 Å². The molecule has 0 unspecified atom stereocenters. The molecule has 1 aromatic heterocycles. The van der Waals surface area contributed by atoms with Gasteiger partial charge in [-0.25, -0.2) is 13.1 Å². The molecule has 2 saturated heterocycles. The predicted molar refractivity (Wildman–Crippen MR) is 88.5 cm³/mol. The number of hydrogen-bond donors (Lipinski definition) is 1. The fraction of sp³-hybridized carbons (Fsp3) is 0.733. The van der Waals surface area contributed by atoms with Gasteiger partial charge in [-0.1, -0.05) is 0 Å². The highest BCUT2D eigenvalue weighted by molar-refractivity contribution is 7.89. The molecule has 0 bridgehead atoms. The maximum Gasteiger partial charge on any atom is 0.211 e. The first-order valence-electron chi connectivity index (χ1n) is 7.83. The summed E-state index contributed by atoms with van der Waals surface area (Å²) in [5.41, 5.74) is 0. The average molecular weight is 345 g/mol. The molecular formula is C15H24N2O3S2. The molecule has 0 saturated carbocycles. The number of likely N-dealkylation sites (tertiary alicyclic amines) is 1. The molecule has 0 spiro atoms. The van der Waals surface area contributed by atoms with Crippen LogP contribution in [0.15, 0.2) is 12.1 Å². The second kappa shape index (κ2) is 6.57. The van der Waals surface area contributed by atoms with E-state index >= 15 is 0 Å². The summed E-state index contributed by atoms with van der Waals surface area (Å²) < 4.78 is 31.8. The van der Waals surface area contributed by atoms with Crippen molar-refractivity contribution in [1.29, 1.82) is 0 Å². The predicted octanol–water partition coefficient (Wildman–Crippen LogP) is 1.44. The molecule has 0 aromatic carbocycles. The number of nitrogens with one attached hydrogen (secondary N) is 1. The van der Waals surface area contributed by atoms with Crippen molar-refractivity contribution in [2.45, 2.75) is 26.5 Å². The van der Waals surface area contributed by atoms with E-state index in [0.717, 1.165) is 19.6 Å². The zero-order valence-electron chi connectivity index (χ0n) is 13.1. The molecule has 7 heteroatoms. The molecule has 5 nitrogen and oxygen atoms in total. The molecular weight excluding hydrogens is 320 g/mol. The van der Waals surface area contributed by atoms with E-state index in [1.54, 1.807) is 6.92 Å². The molecule has 0 amide bonds. The van der Waals surface area contributed by atoms with Crippen molar-refractivity contribution in [3.63, 3.8) is 0 Å². The van der Waals surface area contributed by atoms with Crippen LogP contribution >= 0.6 is 11.3 Å². The summed E-state index contributed by atoms with van der Waals surface area (Å²) in [5, 5.41) is 0. The topological polar surface area (TPSA) is 58.6 Å². The highest BCUT2D eigenvalue weighted by atomic mass is 32.2. The first kappa shape index (κ1) is 16.4. The van der Waals surface area contributed by atoms with Gasteiger partial charge in [-0.15, -0.1) is 11.3 Å². The van der Waals surface area contributed by atoms with E-state index in [1.807, 2.05) is 11.3 Å². The molecule has 3 rings (SSSR count). The normalized spacial score (nSPS) is 29.1. The Bertz CT molecular complexity index is 614. The summed E-state index contributed by atoms with van der Waals surface area (Å²) in [5.74, 6) is 0.875. The molecule has 3 atom stereocenters. The van der Waals surface area contributed by atoms with Crippen LogP contribution in [0.1, 0.15) is 16.7 Å². The van der Waals surface area contributed by atoms with Gasteiger partial charge in [0.15, 0.2) is 0 Å². The maximum atomic E-state index is 11.6. The van der Waals surface area contributed by atoms with Gasteiger partial charge in [0.1, 0.15) is 0 Å². The van der Waals surface area contributed by atoms with Gasteiger partial charge in [-0.2, -0.15) is 0 Å². The van der Waals surface area contributed by atoms with Gasteiger partial charge < -0.3 is 4.74 Å². The van der Waals surface area contributed by atoms with Gasteiger partial charge >= 0.3 is 0 Å². The summed E-state index contributed by atoms with van der Waals surface area (Å²) in [6.07, 6.45) is 0.261. The van der Waals surface area contributed by atoms with E-state index in [-0.39, 0.29) is 11.9 Å². The lowest BCUT2D eigenvalue weighted by Crippen LogP contribution is -2.34. The van der Waals surface area contributed by atoms with E-state index in [1.165, 1.54) is 9.75 Å². The van der Waals surface area contributed by atoms with Crippen LogP contribution in [0.5, 0.6) is 0 Å². The van der Waals surface area contributed by atoms with Crippen molar-refractivity contribution in [2.24, 2.45) is 11.8 Å². The third kappa shape index (κ3) is 3.71. The molecule has 0 aliphatic carbocycles. The molecule has 2 aliphatic rings. The van der Waals surface area contributed by atoms with E-state index in [0.29, 0.717) is 25.0 Å². The Morgan fingerprint density at radius 2 is 2.23 bits per heavy atom. The summed E-state index contributed by atoms with van der Waals surface area (Å²) >= 11 is 1.85. The molecule has 2 fully saturated rings. The first-order chi connectivity index (χ1) is 10.5. The van der Waals surface area contributed by atoms with Crippen LogP contribution < -0.4 is 4.72 Å². The number of nitrogens with zero attached hydrogens (tertiary/aromatic N) is 1. The van der Waals surface area contributed by atoms with Crippen LogP contribution in [0.3, 0.4) is 0 Å². The fourth-order valence-corrected chi connectivity index (χ4v) is 4.95. The lowest BCUT2D eigenvalue weighted by atomic mass is 9.93. The van der Waals surface area contributed by atoms with Crippen molar-refractivity contribution in [1.82, 2.24) is 9.62 Å². The number of sulfonamides is 1. The number of ether oxygens (including phenoxy) is 1. The van der Waals surface area contributed by atoms with Gasteiger partial charge in [-0.3, -0.25) is 4.90 Å². The largest absolute Gasteiger partial charge is 0.376 e. The van der Waals surface area contributed by atoms with Crippen molar-refractivity contribution < 1.29 is 13.2 Å². The number of thiophene rings is 1. The van der Waals surface area contributed by atoms with Crippen molar-refractivity contribution in [2.75, 3.05) is 32.0 Å². The van der Waals surface area contributed by atoms with Gasteiger partial charge in [-0.05, 0) is 26.0 Å². The van der Waals surface area contributed by atoms with Gasteiger partial charge in [0.2, 0.25) is 10.0 Å². The van der Waals surface area contributed by atoms with E-state index in [9.17, 15) is 8.42 Å². The van der Waals surface area contributed by atoms with Crippen molar-refractivity contribution >= 4 is 21.4 Å². The lowest BCUT2D eigenvalue weighted by molar-refractivity contribution is 0.0944. The Hall–Kier alpha value is -0.470. The molecule has 22 heavy (non-hydrogen) atoms. The Kier molecular flexibility index (Phi) is 4.89. The van der Waals surface area contributed by atoms with Crippen LogP contribution in [0, 0.1) is 18.8 Å². The minimum Gasteiger partial charge on any atom is -0.376 e. The fourth-order valence-electron chi connectivity index (χ4n) is 3.35. The molecule has 1 aromatic rings. The standard InChI is InChI=1S/C15H24N2O3S2/c1-3-22(18,19)16-6-12-10-20-15-9-17(8-14(12)15)7-13-5-4-11(2)21-13/h4-5,12,14-16H,3,6-10H2,1-2H3/t12-,14+,15+/m0/s1.